The molecule has 2 aliphatic rings. The van der Waals surface area contributed by atoms with Crippen molar-refractivity contribution < 1.29 is 4.74 Å². The normalized spacial score (nSPS) is 34.2. The van der Waals surface area contributed by atoms with Crippen LogP contribution in [0.1, 0.15) is 23.2 Å². The van der Waals surface area contributed by atoms with Gasteiger partial charge in [-0.1, -0.05) is 6.08 Å². The van der Waals surface area contributed by atoms with Crippen molar-refractivity contribution in [3.63, 3.8) is 0 Å². The molecule has 0 aromatic carbocycles. The highest BCUT2D eigenvalue weighted by Crippen LogP contribution is 2.52. The van der Waals surface area contributed by atoms with Crippen molar-refractivity contribution >= 4 is 0 Å². The Morgan fingerprint density at radius 3 is 3.29 bits per heavy atom. The van der Waals surface area contributed by atoms with Crippen molar-refractivity contribution in [3.05, 3.63) is 35.7 Å². The summed E-state index contributed by atoms with van der Waals surface area (Å²) in [6.07, 6.45) is 6.33. The van der Waals surface area contributed by atoms with Gasteiger partial charge >= 0.3 is 0 Å². The van der Waals surface area contributed by atoms with Crippen LogP contribution in [0.15, 0.2) is 18.9 Å². The molecule has 0 bridgehead atoms. The van der Waals surface area contributed by atoms with Gasteiger partial charge in [0.2, 0.25) is 0 Å². The summed E-state index contributed by atoms with van der Waals surface area (Å²) in [4.78, 5) is 3.27. The summed E-state index contributed by atoms with van der Waals surface area (Å²) in [6, 6.07) is 0. The first-order chi connectivity index (χ1) is 6.75. The van der Waals surface area contributed by atoms with Gasteiger partial charge in [-0.05, 0) is 24.5 Å². The van der Waals surface area contributed by atoms with E-state index in [0.29, 0.717) is 5.92 Å². The Kier molecular flexibility index (Phi) is 1.49. The molecular formula is C12H15NO. The fraction of sp³-hybridized carbons (Fsp3) is 0.500. The van der Waals surface area contributed by atoms with Crippen molar-refractivity contribution in [2.24, 2.45) is 5.92 Å². The van der Waals surface area contributed by atoms with Gasteiger partial charge in [-0.2, -0.15) is 0 Å². The predicted octanol–water partition coefficient (Wildman–Crippen LogP) is 2.34. The maximum Gasteiger partial charge on any atom is 0.0876 e. The number of hydrogen-bond acceptors (Lipinski definition) is 1. The van der Waals surface area contributed by atoms with Crippen molar-refractivity contribution in [3.8, 4) is 0 Å². The van der Waals surface area contributed by atoms with Gasteiger partial charge in [-0.3, -0.25) is 0 Å². The van der Waals surface area contributed by atoms with Crippen LogP contribution in [0.4, 0.5) is 0 Å². The molecular weight excluding hydrogens is 174 g/mol. The summed E-state index contributed by atoms with van der Waals surface area (Å²) in [6.45, 7) is 6.76. The van der Waals surface area contributed by atoms with Crippen LogP contribution in [-0.2, 0) is 17.8 Å². The minimum Gasteiger partial charge on any atom is -0.368 e. The second-order valence-corrected chi connectivity index (χ2v) is 4.51. The lowest BCUT2D eigenvalue weighted by Crippen LogP contribution is -2.25. The van der Waals surface area contributed by atoms with Crippen molar-refractivity contribution in [2.75, 3.05) is 0 Å². The molecule has 1 saturated carbocycles. The zero-order valence-corrected chi connectivity index (χ0v) is 8.47. The zero-order valence-electron chi connectivity index (χ0n) is 8.47. The van der Waals surface area contributed by atoms with Gasteiger partial charge in [0.25, 0.3) is 0 Å². The van der Waals surface area contributed by atoms with Crippen molar-refractivity contribution in [2.45, 2.75) is 32.0 Å². The molecule has 1 aliphatic heterocycles. The van der Waals surface area contributed by atoms with E-state index in [-0.39, 0.29) is 5.60 Å². The lowest BCUT2D eigenvalue weighted by molar-refractivity contribution is -0.000938. The summed E-state index contributed by atoms with van der Waals surface area (Å²) < 4.78 is 5.92. The highest BCUT2D eigenvalue weighted by atomic mass is 16.5. The number of hydrogen-bond donors (Lipinski definition) is 1. The highest BCUT2D eigenvalue weighted by Gasteiger charge is 2.55. The first-order valence-electron chi connectivity index (χ1n) is 5.17. The highest BCUT2D eigenvalue weighted by molar-refractivity contribution is 5.36. The van der Waals surface area contributed by atoms with Crippen LogP contribution in [0.5, 0.6) is 0 Å². The molecule has 0 radical (unpaired) electrons. The van der Waals surface area contributed by atoms with Gasteiger partial charge in [0.05, 0.1) is 12.2 Å². The Hall–Kier alpha value is -1.02. The predicted molar refractivity (Wildman–Crippen MR) is 55.1 cm³/mol. The van der Waals surface area contributed by atoms with E-state index in [4.69, 9.17) is 4.74 Å². The van der Waals surface area contributed by atoms with Gasteiger partial charge in [-0.15, -0.1) is 6.58 Å². The SMILES string of the molecule is C=CC1CC12Cc1c(C)c[nH]c1CO2. The molecule has 2 atom stereocenters. The lowest BCUT2D eigenvalue weighted by atomic mass is 9.99. The molecule has 2 unspecified atom stereocenters. The summed E-state index contributed by atoms with van der Waals surface area (Å²) in [5.74, 6) is 0.574. The van der Waals surface area contributed by atoms with Gasteiger partial charge in [0.15, 0.2) is 0 Å². The van der Waals surface area contributed by atoms with Crippen LogP contribution < -0.4 is 0 Å². The third-order valence-electron chi connectivity index (χ3n) is 3.65. The number of aromatic nitrogens is 1. The fourth-order valence-corrected chi connectivity index (χ4v) is 2.53. The number of H-pyrrole nitrogens is 1. The van der Waals surface area contributed by atoms with Crippen LogP contribution in [-0.4, -0.2) is 10.6 Å². The minimum atomic E-state index is 0.113. The molecule has 14 heavy (non-hydrogen) atoms. The molecule has 2 heteroatoms. The maximum atomic E-state index is 5.92. The van der Waals surface area contributed by atoms with Crippen LogP contribution in [0.2, 0.25) is 0 Å². The number of ether oxygens (including phenoxy) is 1. The third-order valence-corrected chi connectivity index (χ3v) is 3.65. The van der Waals surface area contributed by atoms with Crippen LogP contribution in [0, 0.1) is 12.8 Å². The largest absolute Gasteiger partial charge is 0.368 e. The van der Waals surface area contributed by atoms with E-state index in [1.165, 1.54) is 16.8 Å². The van der Waals surface area contributed by atoms with Gasteiger partial charge in [0.1, 0.15) is 0 Å². The first kappa shape index (κ1) is 8.30. The Bertz CT molecular complexity index is 393. The first-order valence-corrected chi connectivity index (χ1v) is 5.17. The van der Waals surface area contributed by atoms with E-state index < -0.39 is 0 Å². The smallest absolute Gasteiger partial charge is 0.0876 e. The average Bonchev–Trinajstić information content (AvgIpc) is 2.76. The molecule has 1 aromatic heterocycles. The monoisotopic (exact) mass is 189 g/mol. The molecule has 1 aromatic rings. The summed E-state index contributed by atoms with van der Waals surface area (Å²) >= 11 is 0. The summed E-state index contributed by atoms with van der Waals surface area (Å²) in [5, 5.41) is 0. The van der Waals surface area contributed by atoms with Crippen molar-refractivity contribution in [1.82, 2.24) is 4.98 Å². The zero-order chi connectivity index (χ0) is 9.76. The molecule has 3 rings (SSSR count). The average molecular weight is 189 g/mol. The van der Waals surface area contributed by atoms with Gasteiger partial charge in [0, 0.05) is 24.2 Å². The van der Waals surface area contributed by atoms with E-state index in [2.05, 4.69) is 24.7 Å². The quantitative estimate of drug-likeness (QED) is 0.674. The van der Waals surface area contributed by atoms with E-state index >= 15 is 0 Å². The molecule has 74 valence electrons. The molecule has 1 fully saturated rings. The standard InChI is InChI=1S/C12H15NO/c1-3-9-4-12(9)5-10-8(2)6-13-11(10)7-14-12/h3,6,9,13H,1,4-5,7H2,2H3. The van der Waals surface area contributed by atoms with E-state index in [9.17, 15) is 0 Å². The maximum absolute atomic E-state index is 5.92. The second-order valence-electron chi connectivity index (χ2n) is 4.51. The van der Waals surface area contributed by atoms with Crippen molar-refractivity contribution in [1.29, 1.82) is 0 Å². The van der Waals surface area contributed by atoms with Gasteiger partial charge < -0.3 is 9.72 Å². The molecule has 0 amide bonds. The molecule has 2 heterocycles. The summed E-state index contributed by atoms with van der Waals surface area (Å²) in [5.41, 5.74) is 4.22. The van der Waals surface area contributed by atoms with Crippen LogP contribution >= 0.6 is 0 Å². The van der Waals surface area contributed by atoms with E-state index in [0.717, 1.165) is 19.4 Å². The lowest BCUT2D eigenvalue weighted by Gasteiger charge is -2.24. The number of rotatable bonds is 1. The number of aryl methyl sites for hydroxylation is 1. The topological polar surface area (TPSA) is 25.0 Å². The van der Waals surface area contributed by atoms with Crippen LogP contribution in [0.25, 0.3) is 0 Å². The van der Waals surface area contributed by atoms with E-state index in [1.807, 2.05) is 6.08 Å². The third kappa shape index (κ3) is 0.947. The molecule has 0 saturated heterocycles. The van der Waals surface area contributed by atoms with E-state index in [1.54, 1.807) is 0 Å². The number of fused-ring (bicyclic) bond motifs is 1. The Morgan fingerprint density at radius 2 is 2.57 bits per heavy atom. The van der Waals surface area contributed by atoms with Crippen LogP contribution in [0.3, 0.4) is 0 Å². The number of aromatic amines is 1. The minimum absolute atomic E-state index is 0.113. The Morgan fingerprint density at radius 1 is 1.71 bits per heavy atom. The number of nitrogens with one attached hydrogen (secondary N) is 1. The Labute approximate surface area is 84.0 Å². The molecule has 1 spiro atoms. The summed E-state index contributed by atoms with van der Waals surface area (Å²) in [7, 11) is 0. The second kappa shape index (κ2) is 2.51. The molecule has 2 nitrogen and oxygen atoms in total. The Balaban J connectivity index is 1.94. The fourth-order valence-electron chi connectivity index (χ4n) is 2.53. The van der Waals surface area contributed by atoms with Gasteiger partial charge in [-0.25, -0.2) is 0 Å². The molecule has 1 N–H and O–H groups in total. The molecule has 1 aliphatic carbocycles.